The fourth-order valence-corrected chi connectivity index (χ4v) is 4.50. The monoisotopic (exact) mass is 296 g/mol. The van der Waals surface area contributed by atoms with Gasteiger partial charge in [-0.05, 0) is 24.4 Å². The molecule has 0 aliphatic carbocycles. The van der Waals surface area contributed by atoms with Crippen molar-refractivity contribution < 1.29 is 4.74 Å². The second kappa shape index (κ2) is 6.33. The van der Waals surface area contributed by atoms with Crippen molar-refractivity contribution in [2.24, 2.45) is 0 Å². The van der Waals surface area contributed by atoms with Gasteiger partial charge in [0.25, 0.3) is 0 Å². The fourth-order valence-electron chi connectivity index (χ4n) is 2.41. The molecule has 2 aromatic heterocycles. The molecule has 19 heavy (non-hydrogen) atoms. The lowest BCUT2D eigenvalue weighted by molar-refractivity contribution is 0.0343. The van der Waals surface area contributed by atoms with Crippen LogP contribution in [0.1, 0.15) is 11.8 Å². The van der Waals surface area contributed by atoms with E-state index in [0.29, 0.717) is 6.04 Å². The van der Waals surface area contributed by atoms with Crippen LogP contribution in [-0.2, 0) is 11.3 Å². The largest absolute Gasteiger partial charge is 0.379 e. The van der Waals surface area contributed by atoms with Crippen LogP contribution < -0.4 is 5.32 Å². The van der Waals surface area contributed by atoms with Crippen LogP contribution in [0.2, 0.25) is 0 Å². The van der Waals surface area contributed by atoms with Crippen molar-refractivity contribution in [2.75, 3.05) is 32.8 Å². The lowest BCUT2D eigenvalue weighted by Crippen LogP contribution is -2.44. The van der Waals surface area contributed by atoms with Crippen LogP contribution in [0.3, 0.4) is 0 Å². The number of ether oxygens (including phenoxy) is 1. The minimum Gasteiger partial charge on any atom is -0.379 e. The van der Waals surface area contributed by atoms with Gasteiger partial charge in [-0.1, -0.05) is 0 Å². The van der Waals surface area contributed by atoms with Gasteiger partial charge in [-0.15, -0.1) is 22.7 Å². The molecule has 3 rings (SSSR count). The van der Waals surface area contributed by atoms with Crippen LogP contribution in [0.25, 0.3) is 9.40 Å². The smallest absolute Gasteiger partial charge is 0.0594 e. The molecule has 104 valence electrons. The molecule has 5 heteroatoms. The molecule has 1 fully saturated rings. The van der Waals surface area contributed by atoms with E-state index in [9.17, 15) is 0 Å². The van der Waals surface area contributed by atoms with E-state index in [2.05, 4.69) is 34.7 Å². The molecule has 2 aromatic rings. The Balaban J connectivity index is 1.47. The molecule has 0 amide bonds. The molecule has 0 spiro atoms. The number of rotatable bonds is 5. The number of nitrogens with one attached hydrogen (secondary N) is 1. The molecule has 1 aliphatic heterocycles. The first-order valence-corrected chi connectivity index (χ1v) is 8.50. The number of fused-ring (bicyclic) bond motifs is 1. The first-order chi connectivity index (χ1) is 9.31. The summed E-state index contributed by atoms with van der Waals surface area (Å²) in [6.07, 6.45) is 0. The molecule has 3 heterocycles. The van der Waals surface area contributed by atoms with Crippen molar-refractivity contribution in [3.05, 3.63) is 22.4 Å². The first kappa shape index (κ1) is 13.5. The maximum Gasteiger partial charge on any atom is 0.0594 e. The standard InChI is InChI=1S/C14H20N2OS2/c1-11(10-16-3-5-17-6-4-16)15-9-12-8-14-13(19-12)2-7-18-14/h2,7-8,11,15H,3-6,9-10H2,1H3. The van der Waals surface area contributed by atoms with Crippen LogP contribution in [0.4, 0.5) is 0 Å². The second-order valence-corrected chi connectivity index (χ2v) is 7.17. The predicted molar refractivity (Wildman–Crippen MR) is 83.3 cm³/mol. The number of morpholine rings is 1. The molecular weight excluding hydrogens is 276 g/mol. The topological polar surface area (TPSA) is 24.5 Å². The van der Waals surface area contributed by atoms with Gasteiger partial charge in [-0.3, -0.25) is 4.90 Å². The van der Waals surface area contributed by atoms with Crippen LogP contribution in [-0.4, -0.2) is 43.8 Å². The Morgan fingerprint density at radius 1 is 1.37 bits per heavy atom. The SMILES string of the molecule is CC(CN1CCOCC1)NCc1cc2sccc2s1. The summed E-state index contributed by atoms with van der Waals surface area (Å²) in [6, 6.07) is 5.06. The van der Waals surface area contributed by atoms with E-state index in [1.54, 1.807) is 0 Å². The van der Waals surface area contributed by atoms with Crippen molar-refractivity contribution in [3.8, 4) is 0 Å². The van der Waals surface area contributed by atoms with E-state index in [1.165, 1.54) is 14.3 Å². The van der Waals surface area contributed by atoms with E-state index >= 15 is 0 Å². The summed E-state index contributed by atoms with van der Waals surface area (Å²) in [4.78, 5) is 3.92. The predicted octanol–water partition coefficient (Wildman–Crippen LogP) is 2.77. The van der Waals surface area contributed by atoms with Crippen molar-refractivity contribution in [3.63, 3.8) is 0 Å². The summed E-state index contributed by atoms with van der Waals surface area (Å²) in [5, 5.41) is 5.80. The van der Waals surface area contributed by atoms with Crippen LogP contribution in [0.15, 0.2) is 17.5 Å². The molecular formula is C14H20N2OS2. The summed E-state index contributed by atoms with van der Waals surface area (Å²) < 4.78 is 8.21. The highest BCUT2D eigenvalue weighted by molar-refractivity contribution is 7.26. The van der Waals surface area contributed by atoms with Crippen molar-refractivity contribution in [1.29, 1.82) is 0 Å². The summed E-state index contributed by atoms with van der Waals surface area (Å²) in [7, 11) is 0. The van der Waals surface area contributed by atoms with Crippen molar-refractivity contribution >= 4 is 32.1 Å². The van der Waals surface area contributed by atoms with E-state index in [-0.39, 0.29) is 0 Å². The zero-order valence-electron chi connectivity index (χ0n) is 11.2. The van der Waals surface area contributed by atoms with E-state index in [0.717, 1.165) is 39.4 Å². The fraction of sp³-hybridized carbons (Fsp3) is 0.571. The summed E-state index contributed by atoms with van der Waals surface area (Å²) in [6.45, 7) is 8.27. The van der Waals surface area contributed by atoms with E-state index in [1.807, 2.05) is 22.7 Å². The molecule has 0 radical (unpaired) electrons. The molecule has 1 atom stereocenters. The number of nitrogens with zero attached hydrogens (tertiary/aromatic N) is 1. The van der Waals surface area contributed by atoms with Gasteiger partial charge in [0.05, 0.1) is 13.2 Å². The van der Waals surface area contributed by atoms with Gasteiger partial charge in [-0.25, -0.2) is 0 Å². The zero-order valence-corrected chi connectivity index (χ0v) is 12.9. The van der Waals surface area contributed by atoms with Crippen molar-refractivity contribution in [1.82, 2.24) is 10.2 Å². The normalized spacial score (nSPS) is 19.0. The molecule has 3 nitrogen and oxygen atoms in total. The van der Waals surface area contributed by atoms with Gasteiger partial charge in [0.1, 0.15) is 0 Å². The van der Waals surface area contributed by atoms with Gasteiger partial charge >= 0.3 is 0 Å². The molecule has 1 unspecified atom stereocenters. The van der Waals surface area contributed by atoms with Crippen LogP contribution in [0.5, 0.6) is 0 Å². The minimum absolute atomic E-state index is 0.526. The minimum atomic E-state index is 0.526. The highest BCUT2D eigenvalue weighted by atomic mass is 32.1. The average molecular weight is 296 g/mol. The van der Waals surface area contributed by atoms with E-state index in [4.69, 9.17) is 4.74 Å². The molecule has 1 saturated heterocycles. The van der Waals surface area contributed by atoms with Gasteiger partial charge in [0, 0.05) is 46.5 Å². The van der Waals surface area contributed by atoms with Gasteiger partial charge in [-0.2, -0.15) is 0 Å². The number of hydrogen-bond acceptors (Lipinski definition) is 5. The third-order valence-electron chi connectivity index (χ3n) is 3.45. The third-order valence-corrected chi connectivity index (χ3v) is 5.54. The lowest BCUT2D eigenvalue weighted by Gasteiger charge is -2.29. The molecule has 0 saturated carbocycles. The van der Waals surface area contributed by atoms with Gasteiger partial charge in [0.2, 0.25) is 0 Å². The van der Waals surface area contributed by atoms with Gasteiger partial charge in [0.15, 0.2) is 0 Å². The molecule has 1 aliphatic rings. The Morgan fingerprint density at radius 3 is 3.00 bits per heavy atom. The molecule has 0 bridgehead atoms. The number of hydrogen-bond donors (Lipinski definition) is 1. The first-order valence-electron chi connectivity index (χ1n) is 6.80. The Labute approximate surface area is 122 Å². The lowest BCUT2D eigenvalue weighted by atomic mass is 10.3. The summed E-state index contributed by atoms with van der Waals surface area (Å²) in [5.41, 5.74) is 0. The zero-order chi connectivity index (χ0) is 13.1. The Morgan fingerprint density at radius 2 is 2.21 bits per heavy atom. The van der Waals surface area contributed by atoms with Crippen LogP contribution >= 0.6 is 22.7 Å². The quantitative estimate of drug-likeness (QED) is 0.918. The van der Waals surface area contributed by atoms with Crippen LogP contribution in [0, 0.1) is 0 Å². The number of thiophene rings is 2. The molecule has 1 N–H and O–H groups in total. The molecule has 0 aromatic carbocycles. The van der Waals surface area contributed by atoms with Crippen molar-refractivity contribution in [2.45, 2.75) is 19.5 Å². The Bertz CT molecular complexity index is 488. The Hall–Kier alpha value is -0.460. The highest BCUT2D eigenvalue weighted by Gasteiger charge is 2.13. The highest BCUT2D eigenvalue weighted by Crippen LogP contribution is 2.29. The Kier molecular flexibility index (Phi) is 4.50. The third kappa shape index (κ3) is 3.55. The van der Waals surface area contributed by atoms with Gasteiger partial charge < -0.3 is 10.1 Å². The maximum absolute atomic E-state index is 5.38. The maximum atomic E-state index is 5.38. The van der Waals surface area contributed by atoms with E-state index < -0.39 is 0 Å². The average Bonchev–Trinajstić information content (AvgIpc) is 2.98. The summed E-state index contributed by atoms with van der Waals surface area (Å²) >= 11 is 3.74. The summed E-state index contributed by atoms with van der Waals surface area (Å²) in [5.74, 6) is 0. The second-order valence-electron chi connectivity index (χ2n) is 5.06.